The second-order valence-electron chi connectivity index (χ2n) is 5.40. The van der Waals surface area contributed by atoms with E-state index >= 15 is 0 Å². The minimum absolute atomic E-state index is 0.103. The van der Waals surface area contributed by atoms with Crippen molar-refractivity contribution in [1.29, 1.82) is 0 Å². The number of nitrogens with one attached hydrogen (secondary N) is 1. The summed E-state index contributed by atoms with van der Waals surface area (Å²) in [5.41, 5.74) is 9.92. The molecule has 0 unspecified atom stereocenters. The van der Waals surface area contributed by atoms with Crippen molar-refractivity contribution in [3.63, 3.8) is 0 Å². The molecule has 2 aromatic rings. The normalized spacial score (nSPS) is 16.5. The Morgan fingerprint density at radius 3 is 2.82 bits per heavy atom. The molecule has 3 N–H and O–H groups in total. The van der Waals surface area contributed by atoms with E-state index in [1.54, 1.807) is 7.11 Å². The summed E-state index contributed by atoms with van der Waals surface area (Å²) in [6.45, 7) is 3.11. The van der Waals surface area contributed by atoms with Gasteiger partial charge in [0, 0.05) is 23.2 Å². The van der Waals surface area contributed by atoms with Crippen molar-refractivity contribution in [1.82, 2.24) is 0 Å². The first-order valence-electron chi connectivity index (χ1n) is 7.20. The largest absolute Gasteiger partial charge is 0.497 e. The Labute approximate surface area is 135 Å². The van der Waals surface area contributed by atoms with Crippen molar-refractivity contribution >= 4 is 17.3 Å². The van der Waals surface area contributed by atoms with Crippen LogP contribution in [0.2, 0.25) is 5.02 Å². The van der Waals surface area contributed by atoms with E-state index < -0.39 is 0 Å². The topological polar surface area (TPSA) is 56.5 Å². The third-order valence-corrected chi connectivity index (χ3v) is 4.08. The molecule has 0 radical (unpaired) electrons. The number of benzene rings is 2. The van der Waals surface area contributed by atoms with E-state index in [9.17, 15) is 0 Å². The van der Waals surface area contributed by atoms with Gasteiger partial charge in [-0.1, -0.05) is 17.7 Å². The Morgan fingerprint density at radius 2 is 2.14 bits per heavy atom. The molecule has 116 valence electrons. The molecular weight excluding hydrogens is 300 g/mol. The van der Waals surface area contributed by atoms with Crippen LogP contribution in [0.5, 0.6) is 11.5 Å². The maximum absolute atomic E-state index is 6.26. The molecule has 0 bridgehead atoms. The van der Waals surface area contributed by atoms with Gasteiger partial charge >= 0.3 is 0 Å². The number of hydrogen-bond donors (Lipinski definition) is 2. The molecule has 0 amide bonds. The SMILES string of the molecule is COc1ccc(-c2cc(Cl)cc3c2N[C@H](CN)CO3)c(C)c1. The zero-order chi connectivity index (χ0) is 15.7. The molecular formula is C17H19ClN2O2. The number of halogens is 1. The van der Waals surface area contributed by atoms with Gasteiger partial charge < -0.3 is 20.5 Å². The Balaban J connectivity index is 2.13. The Hall–Kier alpha value is -1.91. The average molecular weight is 319 g/mol. The fraction of sp³-hybridized carbons (Fsp3) is 0.294. The molecule has 0 aliphatic carbocycles. The molecule has 0 saturated carbocycles. The zero-order valence-electron chi connectivity index (χ0n) is 12.7. The quantitative estimate of drug-likeness (QED) is 0.910. The van der Waals surface area contributed by atoms with Crippen LogP contribution in [-0.2, 0) is 0 Å². The number of nitrogens with two attached hydrogens (primary N) is 1. The van der Waals surface area contributed by atoms with Gasteiger partial charge in [-0.15, -0.1) is 0 Å². The average Bonchev–Trinajstić information content (AvgIpc) is 2.53. The molecule has 0 aromatic heterocycles. The standard InChI is InChI=1S/C17H19ClN2O2/c1-10-5-13(21-2)3-4-14(10)15-6-11(18)7-16-17(15)20-12(8-19)9-22-16/h3-7,12,20H,8-9,19H2,1-2H3/t12-/m1/s1. The maximum Gasteiger partial charge on any atom is 0.144 e. The number of fused-ring (bicyclic) bond motifs is 1. The lowest BCUT2D eigenvalue weighted by Crippen LogP contribution is -2.37. The van der Waals surface area contributed by atoms with E-state index in [2.05, 4.69) is 12.2 Å². The van der Waals surface area contributed by atoms with Crippen LogP contribution in [0.4, 0.5) is 5.69 Å². The highest BCUT2D eigenvalue weighted by molar-refractivity contribution is 6.31. The molecule has 0 fully saturated rings. The summed E-state index contributed by atoms with van der Waals surface area (Å²) in [6, 6.07) is 9.87. The lowest BCUT2D eigenvalue weighted by Gasteiger charge is -2.29. The number of aryl methyl sites for hydroxylation is 1. The van der Waals surface area contributed by atoms with Crippen molar-refractivity contribution in [3.8, 4) is 22.6 Å². The monoisotopic (exact) mass is 318 g/mol. The Kier molecular flexibility index (Phi) is 4.14. The number of methoxy groups -OCH3 is 1. The number of anilines is 1. The summed E-state index contributed by atoms with van der Waals surface area (Å²) in [4.78, 5) is 0. The smallest absolute Gasteiger partial charge is 0.144 e. The Bertz CT molecular complexity index is 703. The van der Waals surface area contributed by atoms with Gasteiger partial charge in [0.15, 0.2) is 0 Å². The highest BCUT2D eigenvalue weighted by atomic mass is 35.5. The minimum Gasteiger partial charge on any atom is -0.497 e. The second-order valence-corrected chi connectivity index (χ2v) is 5.83. The van der Waals surface area contributed by atoms with Gasteiger partial charge in [0.1, 0.15) is 18.1 Å². The van der Waals surface area contributed by atoms with Gasteiger partial charge in [-0.25, -0.2) is 0 Å². The van der Waals surface area contributed by atoms with Gasteiger partial charge in [-0.3, -0.25) is 0 Å². The lowest BCUT2D eigenvalue weighted by atomic mass is 9.97. The predicted octanol–water partition coefficient (Wildman–Crippen LogP) is 3.46. The predicted molar refractivity (Wildman–Crippen MR) is 90.1 cm³/mol. The van der Waals surface area contributed by atoms with Gasteiger partial charge in [0.2, 0.25) is 0 Å². The van der Waals surface area contributed by atoms with Crippen LogP contribution in [0, 0.1) is 6.92 Å². The summed E-state index contributed by atoms with van der Waals surface area (Å²) in [6.07, 6.45) is 0. The van der Waals surface area contributed by atoms with Crippen molar-refractivity contribution in [3.05, 3.63) is 40.9 Å². The second kappa shape index (κ2) is 6.07. The van der Waals surface area contributed by atoms with Crippen molar-refractivity contribution in [2.45, 2.75) is 13.0 Å². The number of rotatable bonds is 3. The highest BCUT2D eigenvalue weighted by Gasteiger charge is 2.22. The molecule has 0 saturated heterocycles. The van der Waals surface area contributed by atoms with Crippen LogP contribution in [0.15, 0.2) is 30.3 Å². The molecule has 2 aromatic carbocycles. The summed E-state index contributed by atoms with van der Waals surface area (Å²) in [5.74, 6) is 1.60. The highest BCUT2D eigenvalue weighted by Crippen LogP contribution is 2.42. The van der Waals surface area contributed by atoms with Crippen molar-refractivity contribution < 1.29 is 9.47 Å². The molecule has 1 heterocycles. The minimum atomic E-state index is 0.103. The van der Waals surface area contributed by atoms with Crippen molar-refractivity contribution in [2.24, 2.45) is 5.73 Å². The Morgan fingerprint density at radius 1 is 1.32 bits per heavy atom. The van der Waals surface area contributed by atoms with Crippen LogP contribution < -0.4 is 20.5 Å². The lowest BCUT2D eigenvalue weighted by molar-refractivity contribution is 0.287. The van der Waals surface area contributed by atoms with Crippen LogP contribution >= 0.6 is 11.6 Å². The third-order valence-electron chi connectivity index (χ3n) is 3.86. The molecule has 22 heavy (non-hydrogen) atoms. The molecule has 1 aliphatic rings. The molecule has 1 atom stereocenters. The van der Waals surface area contributed by atoms with Crippen LogP contribution in [0.3, 0.4) is 0 Å². The van der Waals surface area contributed by atoms with Crippen LogP contribution in [-0.4, -0.2) is 26.3 Å². The van der Waals surface area contributed by atoms with E-state index in [4.69, 9.17) is 26.8 Å². The molecule has 0 spiro atoms. The summed E-state index contributed by atoms with van der Waals surface area (Å²) >= 11 is 6.26. The van der Waals surface area contributed by atoms with Crippen LogP contribution in [0.1, 0.15) is 5.56 Å². The first kappa shape index (κ1) is 15.0. The van der Waals surface area contributed by atoms with Gasteiger partial charge in [0.05, 0.1) is 18.8 Å². The zero-order valence-corrected chi connectivity index (χ0v) is 13.4. The fourth-order valence-corrected chi connectivity index (χ4v) is 2.89. The van der Waals surface area contributed by atoms with Crippen LogP contribution in [0.25, 0.3) is 11.1 Å². The molecule has 3 rings (SSSR count). The summed E-state index contributed by atoms with van der Waals surface area (Å²) in [5, 5.41) is 4.11. The van der Waals surface area contributed by atoms with E-state index in [1.165, 1.54) is 0 Å². The molecule has 5 heteroatoms. The van der Waals surface area contributed by atoms with Gasteiger partial charge in [-0.05, 0) is 36.2 Å². The molecule has 1 aliphatic heterocycles. The number of ether oxygens (including phenoxy) is 2. The molecule has 4 nitrogen and oxygen atoms in total. The summed E-state index contributed by atoms with van der Waals surface area (Å²) in [7, 11) is 1.66. The maximum atomic E-state index is 6.26. The van der Waals surface area contributed by atoms with E-state index in [1.807, 2.05) is 30.3 Å². The fourth-order valence-electron chi connectivity index (χ4n) is 2.69. The number of hydrogen-bond acceptors (Lipinski definition) is 4. The van der Waals surface area contributed by atoms with E-state index in [0.29, 0.717) is 18.2 Å². The summed E-state index contributed by atoms with van der Waals surface area (Å²) < 4.78 is 11.1. The van der Waals surface area contributed by atoms with Gasteiger partial charge in [0.25, 0.3) is 0 Å². The first-order chi connectivity index (χ1) is 10.6. The van der Waals surface area contributed by atoms with E-state index in [0.717, 1.165) is 33.9 Å². The van der Waals surface area contributed by atoms with E-state index in [-0.39, 0.29) is 6.04 Å². The van der Waals surface area contributed by atoms with Crippen molar-refractivity contribution in [2.75, 3.05) is 25.6 Å². The first-order valence-corrected chi connectivity index (χ1v) is 7.58. The third kappa shape index (κ3) is 2.72. The van der Waals surface area contributed by atoms with Gasteiger partial charge in [-0.2, -0.15) is 0 Å².